The lowest BCUT2D eigenvalue weighted by molar-refractivity contribution is -0.109. The Morgan fingerprint density at radius 3 is 1.83 bits per heavy atom. The van der Waals surface area contributed by atoms with Crippen molar-refractivity contribution in [2.24, 2.45) is 0 Å². The third-order valence-electron chi connectivity index (χ3n) is 3.94. The van der Waals surface area contributed by atoms with Gasteiger partial charge in [0.1, 0.15) is 11.5 Å². The summed E-state index contributed by atoms with van der Waals surface area (Å²) >= 11 is 0. The molecule has 0 spiro atoms. The van der Waals surface area contributed by atoms with E-state index in [-0.39, 0.29) is 18.1 Å². The number of carbonyl (C=O) groups is 1. The van der Waals surface area contributed by atoms with Gasteiger partial charge in [0.2, 0.25) is 0 Å². The lowest BCUT2D eigenvalue weighted by Crippen LogP contribution is -2.26. The number of benzene rings is 1. The van der Waals surface area contributed by atoms with Gasteiger partial charge in [0, 0.05) is 18.9 Å². The van der Waals surface area contributed by atoms with Crippen LogP contribution in [0, 0.1) is 0 Å². The standard InChI is InChI=1S/C17H22O6/c18-17(19)12-9-13(22-15-5-1-3-7-20-15)11-14(10-12)23-16-6-2-4-8-21-16/h9-11,15-16H,1-8H2,(H,18,19)/t15-,16?/m1/s1. The van der Waals surface area contributed by atoms with Gasteiger partial charge in [-0.05, 0) is 37.8 Å². The van der Waals surface area contributed by atoms with Gasteiger partial charge in [0.05, 0.1) is 18.8 Å². The van der Waals surface area contributed by atoms with E-state index in [1.165, 1.54) is 12.1 Å². The molecule has 1 aromatic carbocycles. The summed E-state index contributed by atoms with van der Waals surface area (Å²) in [5.41, 5.74) is 0.129. The summed E-state index contributed by atoms with van der Waals surface area (Å²) < 4.78 is 22.6. The van der Waals surface area contributed by atoms with E-state index in [0.29, 0.717) is 24.7 Å². The molecule has 0 aromatic heterocycles. The van der Waals surface area contributed by atoms with Crippen LogP contribution in [0.5, 0.6) is 11.5 Å². The van der Waals surface area contributed by atoms with Crippen LogP contribution < -0.4 is 9.47 Å². The molecule has 6 nitrogen and oxygen atoms in total. The Hall–Kier alpha value is -1.79. The molecule has 0 aliphatic carbocycles. The first kappa shape index (κ1) is 16.1. The number of aromatic carboxylic acids is 1. The van der Waals surface area contributed by atoms with Crippen LogP contribution in [0.2, 0.25) is 0 Å². The molecule has 1 unspecified atom stereocenters. The molecule has 3 rings (SSSR count). The van der Waals surface area contributed by atoms with Gasteiger partial charge in [-0.15, -0.1) is 0 Å². The van der Waals surface area contributed by atoms with Gasteiger partial charge in [0.25, 0.3) is 0 Å². The monoisotopic (exact) mass is 322 g/mol. The van der Waals surface area contributed by atoms with Gasteiger partial charge in [-0.25, -0.2) is 4.79 Å². The maximum atomic E-state index is 11.3. The average molecular weight is 322 g/mol. The Balaban J connectivity index is 1.73. The predicted octanol–water partition coefficient (Wildman–Crippen LogP) is 3.20. The highest BCUT2D eigenvalue weighted by Crippen LogP contribution is 2.28. The van der Waals surface area contributed by atoms with Crippen molar-refractivity contribution < 1.29 is 28.8 Å². The largest absolute Gasteiger partial charge is 0.478 e. The molecular weight excluding hydrogens is 300 g/mol. The normalized spacial score (nSPS) is 24.9. The minimum Gasteiger partial charge on any atom is -0.478 e. The first-order valence-corrected chi connectivity index (χ1v) is 8.15. The van der Waals surface area contributed by atoms with Crippen LogP contribution in [-0.2, 0) is 9.47 Å². The van der Waals surface area contributed by atoms with E-state index in [4.69, 9.17) is 18.9 Å². The first-order valence-electron chi connectivity index (χ1n) is 8.15. The smallest absolute Gasteiger partial charge is 0.335 e. The molecule has 0 radical (unpaired) electrons. The summed E-state index contributed by atoms with van der Waals surface area (Å²) in [4.78, 5) is 11.3. The second kappa shape index (κ2) is 7.66. The molecule has 0 saturated carbocycles. The second-order valence-electron chi connectivity index (χ2n) is 5.83. The van der Waals surface area contributed by atoms with Crippen LogP contribution in [0.4, 0.5) is 0 Å². The quantitative estimate of drug-likeness (QED) is 0.897. The number of carboxylic acid groups (broad SMARTS) is 1. The minimum atomic E-state index is -1.02. The van der Waals surface area contributed by atoms with Crippen molar-refractivity contribution in [3.63, 3.8) is 0 Å². The Morgan fingerprint density at radius 2 is 1.43 bits per heavy atom. The maximum absolute atomic E-state index is 11.3. The van der Waals surface area contributed by atoms with Crippen LogP contribution in [0.1, 0.15) is 48.9 Å². The maximum Gasteiger partial charge on any atom is 0.335 e. The molecular formula is C17H22O6. The predicted molar refractivity (Wildman–Crippen MR) is 81.8 cm³/mol. The Morgan fingerprint density at radius 1 is 0.913 bits per heavy atom. The number of hydrogen-bond donors (Lipinski definition) is 1. The number of ether oxygens (including phenoxy) is 4. The third-order valence-corrected chi connectivity index (χ3v) is 3.94. The molecule has 2 aliphatic rings. The highest BCUT2D eigenvalue weighted by atomic mass is 16.7. The van der Waals surface area contributed by atoms with Gasteiger partial charge < -0.3 is 24.1 Å². The zero-order valence-electron chi connectivity index (χ0n) is 13.0. The van der Waals surface area contributed by atoms with E-state index in [0.717, 1.165) is 38.5 Å². The lowest BCUT2D eigenvalue weighted by Gasteiger charge is -2.25. The molecule has 23 heavy (non-hydrogen) atoms. The van der Waals surface area contributed by atoms with Gasteiger partial charge in [0.15, 0.2) is 12.6 Å². The summed E-state index contributed by atoms with van der Waals surface area (Å²) in [5.74, 6) is -0.125. The number of rotatable bonds is 5. The zero-order valence-corrected chi connectivity index (χ0v) is 13.0. The summed E-state index contributed by atoms with van der Waals surface area (Å²) in [7, 11) is 0. The van der Waals surface area contributed by atoms with E-state index in [2.05, 4.69) is 0 Å². The molecule has 2 saturated heterocycles. The second-order valence-corrected chi connectivity index (χ2v) is 5.83. The Bertz CT molecular complexity index is 494. The van der Waals surface area contributed by atoms with E-state index in [1.807, 2.05) is 0 Å². The summed E-state index contributed by atoms with van der Waals surface area (Å²) in [5, 5.41) is 9.27. The van der Waals surface area contributed by atoms with Crippen molar-refractivity contribution in [2.45, 2.75) is 51.1 Å². The van der Waals surface area contributed by atoms with Crippen LogP contribution in [0.15, 0.2) is 18.2 Å². The first-order chi connectivity index (χ1) is 11.2. The topological polar surface area (TPSA) is 74.2 Å². The van der Waals surface area contributed by atoms with Gasteiger partial charge in [-0.3, -0.25) is 0 Å². The van der Waals surface area contributed by atoms with E-state index in [9.17, 15) is 9.90 Å². The molecule has 2 atom stereocenters. The molecule has 0 amide bonds. The molecule has 6 heteroatoms. The van der Waals surface area contributed by atoms with Crippen molar-refractivity contribution in [3.8, 4) is 11.5 Å². The SMILES string of the molecule is O=C(O)c1cc(OC2CCCCO2)cc(O[C@@H]2CCCCO2)c1. The number of hydrogen-bond acceptors (Lipinski definition) is 5. The average Bonchev–Trinajstić information content (AvgIpc) is 2.56. The molecule has 0 bridgehead atoms. The van der Waals surface area contributed by atoms with Crippen molar-refractivity contribution in [3.05, 3.63) is 23.8 Å². The number of carboxylic acids is 1. The summed E-state index contributed by atoms with van der Waals surface area (Å²) in [6.45, 7) is 1.34. The van der Waals surface area contributed by atoms with Crippen LogP contribution in [0.3, 0.4) is 0 Å². The van der Waals surface area contributed by atoms with Gasteiger partial charge in [-0.1, -0.05) is 0 Å². The zero-order chi connectivity index (χ0) is 16.1. The van der Waals surface area contributed by atoms with E-state index < -0.39 is 5.97 Å². The van der Waals surface area contributed by atoms with Crippen LogP contribution in [-0.4, -0.2) is 36.9 Å². The fourth-order valence-electron chi connectivity index (χ4n) is 2.74. The van der Waals surface area contributed by atoms with E-state index in [1.54, 1.807) is 6.07 Å². The van der Waals surface area contributed by atoms with Gasteiger partial charge >= 0.3 is 5.97 Å². The Labute approximate surface area is 135 Å². The van der Waals surface area contributed by atoms with Crippen LogP contribution >= 0.6 is 0 Å². The fourth-order valence-corrected chi connectivity index (χ4v) is 2.74. The highest BCUT2D eigenvalue weighted by molar-refractivity contribution is 5.88. The molecule has 126 valence electrons. The molecule has 2 heterocycles. The van der Waals surface area contributed by atoms with E-state index >= 15 is 0 Å². The van der Waals surface area contributed by atoms with Crippen molar-refractivity contribution in [1.29, 1.82) is 0 Å². The molecule has 2 aliphatic heterocycles. The third kappa shape index (κ3) is 4.59. The Kier molecular flexibility index (Phi) is 5.35. The summed E-state index contributed by atoms with van der Waals surface area (Å²) in [6, 6.07) is 4.69. The summed E-state index contributed by atoms with van der Waals surface area (Å²) in [6.07, 6.45) is 5.10. The van der Waals surface area contributed by atoms with Crippen molar-refractivity contribution in [1.82, 2.24) is 0 Å². The fraction of sp³-hybridized carbons (Fsp3) is 0.588. The van der Waals surface area contributed by atoms with Gasteiger partial charge in [-0.2, -0.15) is 0 Å². The highest BCUT2D eigenvalue weighted by Gasteiger charge is 2.19. The van der Waals surface area contributed by atoms with Crippen molar-refractivity contribution in [2.75, 3.05) is 13.2 Å². The molecule has 1 aromatic rings. The minimum absolute atomic E-state index is 0.129. The molecule has 2 fully saturated rings. The lowest BCUT2D eigenvalue weighted by atomic mass is 10.2. The molecule has 1 N–H and O–H groups in total. The van der Waals surface area contributed by atoms with Crippen LogP contribution in [0.25, 0.3) is 0 Å². The van der Waals surface area contributed by atoms with Crippen molar-refractivity contribution >= 4 is 5.97 Å².